The molecule has 9 saturated heterocycles. The van der Waals surface area contributed by atoms with Crippen LogP contribution in [0.15, 0.2) is 24.3 Å². The predicted octanol–water partition coefficient (Wildman–Crippen LogP) is 4.83. The van der Waals surface area contributed by atoms with E-state index >= 15 is 0 Å². The fourth-order valence-corrected chi connectivity index (χ4v) is 11.5. The Labute approximate surface area is 318 Å². The molecule has 0 aromatic heterocycles. The van der Waals surface area contributed by atoms with Crippen LogP contribution in [0.5, 0.6) is 0 Å². The standard InChI is InChI=1S/C41H59NO12/c1-20-14-24-7-10-28-21(2)15-25(47-28)8-11-29-34-19-35-38(51-29)40-41(54-35)39(53-34)37-31(52-40)12-9-26(49-37)16-23(43)17-27-33(18-32(48-24)22(20)3)50-30(36(27)46-4)6-5-13-42(44)45/h20,24-41H,2-3,5-19H2,1,4H3/t20?,24-,25?,26?,27?,28?,29?,30+,31?,32?,33?,34-,35?,36+,37-,38?,39?,40-,41-/m0/s1. The molecule has 300 valence electrons. The molecule has 0 aromatic carbocycles. The molecule has 0 N–H and O–H groups in total. The Morgan fingerprint density at radius 2 is 1.35 bits per heavy atom. The highest BCUT2D eigenvalue weighted by Gasteiger charge is 2.64. The first-order valence-corrected chi connectivity index (χ1v) is 20.9. The second kappa shape index (κ2) is 15.5. The Morgan fingerprint density at radius 3 is 2.15 bits per heavy atom. The van der Waals surface area contributed by atoms with Crippen LogP contribution in [0.25, 0.3) is 0 Å². The number of hydrogen-bond acceptors (Lipinski definition) is 12. The first-order valence-electron chi connectivity index (χ1n) is 20.9. The second-order valence-electron chi connectivity index (χ2n) is 17.8. The third kappa shape index (κ3) is 7.28. The fraction of sp³-hybridized carbons (Fsp3) is 0.878. The average Bonchev–Trinajstić information content (AvgIpc) is 3.74. The van der Waals surface area contributed by atoms with Gasteiger partial charge in [0.1, 0.15) is 36.3 Å². The molecule has 10 bridgehead atoms. The maximum Gasteiger partial charge on any atom is 0.204 e. The SMILES string of the molecule is C=C1CC2CCC3OC4C5C[C@@H]3OC3[C@H]6OC(CCC6O[C@@H]4[C@H]3O5)CC(=O)CC3C(CC4O[C@@H](CCC1O2)CC(C)C4=C)O[C@H](CCC[N+](=O)[O-])[C@@H]3OC. The first kappa shape index (κ1) is 37.7. The number of nitro groups is 1. The molecule has 9 fully saturated rings. The van der Waals surface area contributed by atoms with Gasteiger partial charge in [0.05, 0.1) is 73.2 Å². The fourth-order valence-electron chi connectivity index (χ4n) is 11.5. The highest BCUT2D eigenvalue weighted by atomic mass is 16.7. The molecule has 13 nitrogen and oxygen atoms in total. The quantitative estimate of drug-likeness (QED) is 0.216. The molecule has 9 aliphatic heterocycles. The summed E-state index contributed by atoms with van der Waals surface area (Å²) in [6.07, 6.45) is 6.25. The second-order valence-corrected chi connectivity index (χ2v) is 17.8. The van der Waals surface area contributed by atoms with E-state index in [1.807, 2.05) is 0 Å². The lowest BCUT2D eigenvalue weighted by molar-refractivity contribution is -0.480. The largest absolute Gasteiger partial charge is 0.378 e. The average molecular weight is 758 g/mol. The molecule has 0 saturated carbocycles. The Balaban J connectivity index is 0.976. The number of hydrogen-bond donors (Lipinski definition) is 0. The minimum atomic E-state index is -0.374. The summed E-state index contributed by atoms with van der Waals surface area (Å²) in [4.78, 5) is 25.0. The molecule has 12 unspecified atom stereocenters. The van der Waals surface area contributed by atoms with Gasteiger partial charge >= 0.3 is 0 Å². The van der Waals surface area contributed by atoms with Crippen molar-refractivity contribution in [3.05, 3.63) is 34.4 Å². The molecule has 0 aromatic rings. The number of Topliss-reactive ketones (excluding diaryl/α,β-unsaturated/α-hetero) is 1. The van der Waals surface area contributed by atoms with E-state index in [-0.39, 0.29) is 146 Å². The van der Waals surface area contributed by atoms with Crippen LogP contribution < -0.4 is 0 Å². The molecule has 0 radical (unpaired) electrons. The number of carbonyl (C=O) groups excluding carboxylic acids is 1. The molecule has 13 heteroatoms. The zero-order chi connectivity index (χ0) is 37.2. The summed E-state index contributed by atoms with van der Waals surface area (Å²) in [7, 11) is 1.65. The van der Waals surface area contributed by atoms with Gasteiger partial charge in [-0.2, -0.15) is 0 Å². The van der Waals surface area contributed by atoms with Crippen molar-refractivity contribution < 1.29 is 52.3 Å². The van der Waals surface area contributed by atoms with Gasteiger partial charge in [0.15, 0.2) is 0 Å². The van der Waals surface area contributed by atoms with E-state index in [9.17, 15) is 14.9 Å². The summed E-state index contributed by atoms with van der Waals surface area (Å²) >= 11 is 0. The molecule has 9 rings (SSSR count). The van der Waals surface area contributed by atoms with Crippen molar-refractivity contribution in [1.82, 2.24) is 0 Å². The number of fused-ring (bicyclic) bond motifs is 7. The van der Waals surface area contributed by atoms with Gasteiger partial charge in [-0.15, -0.1) is 0 Å². The molecular formula is C41H59NO12. The summed E-state index contributed by atoms with van der Waals surface area (Å²) in [5, 5.41) is 11.2. The van der Waals surface area contributed by atoms with Crippen LogP contribution in [0.1, 0.15) is 96.8 Å². The molecule has 54 heavy (non-hydrogen) atoms. The number of carbonyl (C=O) groups is 1. The van der Waals surface area contributed by atoms with E-state index in [0.29, 0.717) is 25.7 Å². The lowest BCUT2D eigenvalue weighted by Gasteiger charge is -2.51. The Morgan fingerprint density at radius 1 is 0.685 bits per heavy atom. The Kier molecular flexibility index (Phi) is 10.8. The van der Waals surface area contributed by atoms with E-state index < -0.39 is 0 Å². The topological polar surface area (TPSA) is 143 Å². The van der Waals surface area contributed by atoms with Gasteiger partial charge < -0.3 is 42.6 Å². The van der Waals surface area contributed by atoms with Crippen molar-refractivity contribution >= 4 is 5.78 Å². The lowest BCUT2D eigenvalue weighted by atomic mass is 9.81. The zero-order valence-electron chi connectivity index (χ0n) is 31.8. The van der Waals surface area contributed by atoms with E-state index in [1.165, 1.54) is 0 Å². The maximum absolute atomic E-state index is 14.1. The van der Waals surface area contributed by atoms with Gasteiger partial charge in [0.2, 0.25) is 6.54 Å². The minimum Gasteiger partial charge on any atom is -0.378 e. The van der Waals surface area contributed by atoms with Crippen molar-refractivity contribution in [2.24, 2.45) is 11.8 Å². The van der Waals surface area contributed by atoms with Gasteiger partial charge in [-0.25, -0.2) is 0 Å². The Hall–Kier alpha value is -1.81. The van der Waals surface area contributed by atoms with E-state index in [0.717, 1.165) is 62.5 Å². The summed E-state index contributed by atoms with van der Waals surface area (Å²) < 4.78 is 60.0. The van der Waals surface area contributed by atoms with Gasteiger partial charge in [0, 0.05) is 50.1 Å². The molecule has 9 aliphatic rings. The van der Waals surface area contributed by atoms with Crippen LogP contribution >= 0.6 is 0 Å². The van der Waals surface area contributed by atoms with Crippen LogP contribution in [0.3, 0.4) is 0 Å². The van der Waals surface area contributed by atoms with Gasteiger partial charge in [-0.1, -0.05) is 20.1 Å². The maximum atomic E-state index is 14.1. The third-order valence-corrected chi connectivity index (χ3v) is 14.3. The molecule has 9 heterocycles. The molecule has 0 amide bonds. The normalized spacial score (nSPS) is 50.4. The number of ketones is 1. The molecule has 0 spiro atoms. The molecule has 19 atom stereocenters. The van der Waals surface area contributed by atoms with Gasteiger partial charge in [-0.3, -0.25) is 14.9 Å². The van der Waals surface area contributed by atoms with E-state index in [4.69, 9.17) is 42.6 Å². The van der Waals surface area contributed by atoms with Crippen molar-refractivity contribution in [1.29, 1.82) is 0 Å². The smallest absolute Gasteiger partial charge is 0.204 e. The number of methoxy groups -OCH3 is 1. The number of rotatable bonds is 5. The van der Waals surface area contributed by atoms with Crippen LogP contribution in [0.4, 0.5) is 0 Å². The molecular weight excluding hydrogens is 698 g/mol. The van der Waals surface area contributed by atoms with Crippen LogP contribution in [0.2, 0.25) is 0 Å². The van der Waals surface area contributed by atoms with E-state index in [1.54, 1.807) is 7.11 Å². The van der Waals surface area contributed by atoms with Crippen LogP contribution in [-0.2, 0) is 47.4 Å². The monoisotopic (exact) mass is 757 g/mol. The van der Waals surface area contributed by atoms with Gasteiger partial charge in [0.25, 0.3) is 0 Å². The highest BCUT2D eigenvalue weighted by Crippen LogP contribution is 2.49. The first-order chi connectivity index (χ1) is 26.1. The van der Waals surface area contributed by atoms with Crippen molar-refractivity contribution in [3.63, 3.8) is 0 Å². The number of nitrogens with zero attached hydrogens (tertiary/aromatic N) is 1. The summed E-state index contributed by atoms with van der Waals surface area (Å²) in [5.41, 5.74) is 2.18. The minimum absolute atomic E-state index is 0.0114. The van der Waals surface area contributed by atoms with Crippen molar-refractivity contribution in [2.45, 2.75) is 201 Å². The predicted molar refractivity (Wildman–Crippen MR) is 193 cm³/mol. The zero-order valence-corrected chi connectivity index (χ0v) is 31.8. The highest BCUT2D eigenvalue weighted by molar-refractivity contribution is 5.79. The third-order valence-electron chi connectivity index (χ3n) is 14.3. The molecule has 0 aliphatic carbocycles. The van der Waals surface area contributed by atoms with Crippen LogP contribution in [-0.4, -0.2) is 128 Å². The Bertz CT molecular complexity index is 1440. The number of ether oxygens (including phenoxy) is 9. The summed E-state index contributed by atoms with van der Waals surface area (Å²) in [5.74, 6) is 0.123. The van der Waals surface area contributed by atoms with Gasteiger partial charge in [-0.05, 0) is 74.9 Å². The van der Waals surface area contributed by atoms with Crippen molar-refractivity contribution in [2.75, 3.05) is 13.7 Å². The van der Waals surface area contributed by atoms with Crippen LogP contribution in [0, 0.1) is 22.0 Å². The summed E-state index contributed by atoms with van der Waals surface area (Å²) in [6.45, 7) is 11.0. The van der Waals surface area contributed by atoms with E-state index in [2.05, 4.69) is 20.1 Å². The van der Waals surface area contributed by atoms with Crippen molar-refractivity contribution in [3.8, 4) is 0 Å². The summed E-state index contributed by atoms with van der Waals surface area (Å²) in [6, 6.07) is 0. The lowest BCUT2D eigenvalue weighted by Crippen LogP contribution is -2.66.